The van der Waals surface area contributed by atoms with Gasteiger partial charge in [0.05, 0.1) is 6.20 Å². The third-order valence-corrected chi connectivity index (χ3v) is 4.07. The second kappa shape index (κ2) is 5.74. The predicted molar refractivity (Wildman–Crippen MR) is 71.1 cm³/mol. The van der Waals surface area contributed by atoms with E-state index in [1.165, 1.54) is 6.42 Å². The first-order valence-corrected chi connectivity index (χ1v) is 7.30. The number of likely N-dealkylation sites (tertiary alicyclic amines) is 1. The Bertz CT molecular complexity index is 432. The first-order chi connectivity index (χ1) is 9.34. The largest absolute Gasteiger partial charge is 0.435 e. The minimum atomic E-state index is 0.00684. The van der Waals surface area contributed by atoms with Gasteiger partial charge in [0.25, 0.3) is 5.91 Å². The van der Waals surface area contributed by atoms with Crippen molar-refractivity contribution in [1.82, 2.24) is 15.2 Å². The Hall–Kier alpha value is -1.36. The third-order valence-electron chi connectivity index (χ3n) is 4.07. The molecule has 0 atom stereocenters. The van der Waals surface area contributed by atoms with Crippen molar-refractivity contribution in [3.63, 3.8) is 0 Å². The Balaban J connectivity index is 1.67. The van der Waals surface area contributed by atoms with Crippen molar-refractivity contribution in [3.05, 3.63) is 17.8 Å². The van der Waals surface area contributed by atoms with E-state index in [0.717, 1.165) is 57.8 Å². The molecule has 2 aliphatic heterocycles. The van der Waals surface area contributed by atoms with Crippen molar-refractivity contribution in [2.45, 2.75) is 38.0 Å². The van der Waals surface area contributed by atoms with Crippen LogP contribution < -0.4 is 5.32 Å². The van der Waals surface area contributed by atoms with E-state index in [-0.39, 0.29) is 5.91 Å². The number of hydrogen-bond acceptors (Lipinski definition) is 4. The smallest absolute Gasteiger partial charge is 0.291 e. The van der Waals surface area contributed by atoms with Crippen LogP contribution in [0.3, 0.4) is 0 Å². The van der Waals surface area contributed by atoms with Gasteiger partial charge in [-0.15, -0.1) is 0 Å². The Labute approximate surface area is 113 Å². The molecule has 1 aromatic heterocycles. The fraction of sp³-hybridized carbons (Fsp3) is 0.714. The van der Waals surface area contributed by atoms with Crippen molar-refractivity contribution in [2.75, 3.05) is 26.2 Å². The van der Waals surface area contributed by atoms with Crippen LogP contribution in [0.15, 0.2) is 10.6 Å². The van der Waals surface area contributed by atoms with E-state index in [4.69, 9.17) is 4.42 Å². The highest BCUT2D eigenvalue weighted by Gasteiger charge is 2.25. The summed E-state index contributed by atoms with van der Waals surface area (Å²) in [5, 5.41) is 3.32. The number of carbonyl (C=O) groups is 1. The molecule has 1 N–H and O–H groups in total. The summed E-state index contributed by atoms with van der Waals surface area (Å²) >= 11 is 0. The Kier molecular flexibility index (Phi) is 3.82. The maximum Gasteiger partial charge on any atom is 0.291 e. The molecule has 0 aromatic carbocycles. The van der Waals surface area contributed by atoms with Gasteiger partial charge in [-0.25, -0.2) is 4.98 Å². The number of amides is 1. The fourth-order valence-electron chi connectivity index (χ4n) is 2.90. The van der Waals surface area contributed by atoms with Gasteiger partial charge in [0, 0.05) is 19.0 Å². The highest BCUT2D eigenvalue weighted by molar-refractivity contribution is 5.91. The molecule has 0 radical (unpaired) electrons. The number of rotatable bonds is 2. The lowest BCUT2D eigenvalue weighted by molar-refractivity contribution is 0.0689. The third kappa shape index (κ3) is 2.81. The molecule has 0 bridgehead atoms. The number of aromatic nitrogens is 1. The summed E-state index contributed by atoms with van der Waals surface area (Å²) in [5.41, 5.74) is 0. The van der Waals surface area contributed by atoms with Crippen LogP contribution in [0.2, 0.25) is 0 Å². The molecule has 2 aliphatic rings. The van der Waals surface area contributed by atoms with E-state index < -0.39 is 0 Å². The zero-order chi connectivity index (χ0) is 13.1. The van der Waals surface area contributed by atoms with Crippen LogP contribution in [0.4, 0.5) is 0 Å². The minimum absolute atomic E-state index is 0.00684. The summed E-state index contributed by atoms with van der Waals surface area (Å²) < 4.78 is 5.71. The number of carbonyl (C=O) groups excluding carboxylic acids is 1. The monoisotopic (exact) mass is 263 g/mol. The molecule has 1 amide bonds. The average molecular weight is 263 g/mol. The molecule has 0 saturated carbocycles. The van der Waals surface area contributed by atoms with Gasteiger partial charge in [0.2, 0.25) is 5.76 Å². The summed E-state index contributed by atoms with van der Waals surface area (Å²) in [6.45, 7) is 3.70. The van der Waals surface area contributed by atoms with Gasteiger partial charge < -0.3 is 14.6 Å². The van der Waals surface area contributed by atoms with Gasteiger partial charge in [-0.2, -0.15) is 0 Å². The Morgan fingerprint density at radius 3 is 2.74 bits per heavy atom. The molecular weight excluding hydrogens is 242 g/mol. The topological polar surface area (TPSA) is 58.4 Å². The predicted octanol–water partition coefficient (Wildman–Crippen LogP) is 1.77. The van der Waals surface area contributed by atoms with Crippen molar-refractivity contribution in [3.8, 4) is 0 Å². The lowest BCUT2D eigenvalue weighted by Gasteiger charge is -2.25. The standard InChI is InChI=1S/C14H21N3O2/c18-14(17-8-2-1-3-9-17)12-10-16-13(19-12)11-4-6-15-7-5-11/h10-11,15H,1-9H2. The molecule has 104 valence electrons. The van der Waals surface area contributed by atoms with Crippen LogP contribution in [0.5, 0.6) is 0 Å². The quantitative estimate of drug-likeness (QED) is 0.883. The Morgan fingerprint density at radius 2 is 2.00 bits per heavy atom. The maximum absolute atomic E-state index is 12.3. The Morgan fingerprint density at radius 1 is 1.26 bits per heavy atom. The summed E-state index contributed by atoms with van der Waals surface area (Å²) in [4.78, 5) is 18.5. The zero-order valence-electron chi connectivity index (χ0n) is 11.2. The first-order valence-electron chi connectivity index (χ1n) is 7.30. The van der Waals surface area contributed by atoms with Gasteiger partial charge in [-0.05, 0) is 45.2 Å². The summed E-state index contributed by atoms with van der Waals surface area (Å²) in [6, 6.07) is 0. The van der Waals surface area contributed by atoms with Crippen LogP contribution in [-0.2, 0) is 0 Å². The molecule has 3 rings (SSSR count). The summed E-state index contributed by atoms with van der Waals surface area (Å²) in [5.74, 6) is 1.52. The van der Waals surface area contributed by atoms with E-state index in [2.05, 4.69) is 10.3 Å². The van der Waals surface area contributed by atoms with Crippen molar-refractivity contribution >= 4 is 5.91 Å². The second-order valence-electron chi connectivity index (χ2n) is 5.44. The molecule has 19 heavy (non-hydrogen) atoms. The van der Waals surface area contributed by atoms with E-state index >= 15 is 0 Å². The molecule has 5 heteroatoms. The normalized spacial score (nSPS) is 21.6. The van der Waals surface area contributed by atoms with Crippen LogP contribution >= 0.6 is 0 Å². The van der Waals surface area contributed by atoms with Gasteiger partial charge in [-0.3, -0.25) is 4.79 Å². The number of piperidine rings is 2. The first kappa shape index (κ1) is 12.7. The number of oxazole rings is 1. The van der Waals surface area contributed by atoms with Crippen LogP contribution in [0, 0.1) is 0 Å². The van der Waals surface area contributed by atoms with Crippen LogP contribution in [0.1, 0.15) is 54.5 Å². The molecule has 5 nitrogen and oxygen atoms in total. The second-order valence-corrected chi connectivity index (χ2v) is 5.44. The molecule has 0 unspecified atom stereocenters. The molecule has 0 spiro atoms. The lowest BCUT2D eigenvalue weighted by atomic mass is 9.98. The maximum atomic E-state index is 12.3. The molecule has 2 fully saturated rings. The van der Waals surface area contributed by atoms with Crippen molar-refractivity contribution in [2.24, 2.45) is 0 Å². The van der Waals surface area contributed by atoms with Gasteiger partial charge >= 0.3 is 0 Å². The SMILES string of the molecule is O=C(c1cnc(C2CCNCC2)o1)N1CCCCC1. The average Bonchev–Trinajstić information content (AvgIpc) is 2.98. The highest BCUT2D eigenvalue weighted by Crippen LogP contribution is 2.25. The molecule has 2 saturated heterocycles. The van der Waals surface area contributed by atoms with Gasteiger partial charge in [0.1, 0.15) is 0 Å². The zero-order valence-corrected chi connectivity index (χ0v) is 11.2. The summed E-state index contributed by atoms with van der Waals surface area (Å²) in [7, 11) is 0. The van der Waals surface area contributed by atoms with Crippen LogP contribution in [0.25, 0.3) is 0 Å². The van der Waals surface area contributed by atoms with Crippen molar-refractivity contribution in [1.29, 1.82) is 0 Å². The summed E-state index contributed by atoms with van der Waals surface area (Å²) in [6.07, 6.45) is 7.10. The number of hydrogen-bond donors (Lipinski definition) is 1. The molecule has 3 heterocycles. The molecule has 1 aromatic rings. The van der Waals surface area contributed by atoms with E-state index in [1.54, 1.807) is 6.20 Å². The number of nitrogens with one attached hydrogen (secondary N) is 1. The highest BCUT2D eigenvalue weighted by atomic mass is 16.4. The molecule has 0 aliphatic carbocycles. The van der Waals surface area contributed by atoms with Gasteiger partial charge in [-0.1, -0.05) is 0 Å². The van der Waals surface area contributed by atoms with Crippen molar-refractivity contribution < 1.29 is 9.21 Å². The van der Waals surface area contributed by atoms with Gasteiger partial charge in [0.15, 0.2) is 5.89 Å². The van der Waals surface area contributed by atoms with E-state index in [1.807, 2.05) is 4.90 Å². The van der Waals surface area contributed by atoms with E-state index in [0.29, 0.717) is 11.7 Å². The number of nitrogens with zero attached hydrogens (tertiary/aromatic N) is 2. The molecular formula is C14H21N3O2. The minimum Gasteiger partial charge on any atom is -0.435 e. The van der Waals surface area contributed by atoms with Crippen LogP contribution in [-0.4, -0.2) is 42.0 Å². The lowest BCUT2D eigenvalue weighted by Crippen LogP contribution is -2.35. The fourth-order valence-corrected chi connectivity index (χ4v) is 2.90. The van der Waals surface area contributed by atoms with E-state index in [9.17, 15) is 4.79 Å².